The van der Waals surface area contributed by atoms with Crippen molar-refractivity contribution in [2.45, 2.75) is 19.8 Å². The largest absolute Gasteiger partial charge is 0.365 e. The summed E-state index contributed by atoms with van der Waals surface area (Å²) in [6.45, 7) is 2.11. The van der Waals surface area contributed by atoms with E-state index in [1.165, 1.54) is 11.1 Å². The van der Waals surface area contributed by atoms with E-state index >= 15 is 0 Å². The number of aryl methyl sites for hydroxylation is 2. The van der Waals surface area contributed by atoms with Crippen LogP contribution in [0.5, 0.6) is 0 Å². The van der Waals surface area contributed by atoms with Crippen LogP contribution in [0.1, 0.15) is 17.5 Å². The van der Waals surface area contributed by atoms with E-state index in [1.54, 1.807) is 5.70 Å². The molecule has 0 aromatic heterocycles. The van der Waals surface area contributed by atoms with Gasteiger partial charge in [-0.2, -0.15) is 0 Å². The number of hydrogen-bond donors (Lipinski definition) is 0. The molecule has 1 aromatic rings. The van der Waals surface area contributed by atoms with Crippen molar-refractivity contribution in [1.29, 1.82) is 0 Å². The molecule has 0 amide bonds. The number of halogens is 3. The summed E-state index contributed by atoms with van der Waals surface area (Å²) in [5.74, 6) is 0. The Morgan fingerprint density at radius 1 is 1.20 bits per heavy atom. The lowest BCUT2D eigenvalue weighted by Crippen LogP contribution is -2.03. The summed E-state index contributed by atoms with van der Waals surface area (Å²) in [5, 5.41) is 0. The molecule has 0 unspecified atom stereocenters. The first kappa shape index (κ1) is 13.1. The smallest absolute Gasteiger partial charge is 0.121 e. The topological polar surface area (TPSA) is 0 Å². The number of hydrogen-bond acceptors (Lipinski definition) is 0. The summed E-state index contributed by atoms with van der Waals surface area (Å²) in [5.41, 5.74) is 4.40. The van der Waals surface area contributed by atoms with Crippen molar-refractivity contribution in [1.82, 2.24) is 0 Å². The Morgan fingerprint density at radius 3 is 2.47 bits per heavy atom. The normalized spacial score (nSPS) is 12.3. The molecular weight excluding hydrogens is 267 g/mol. The van der Waals surface area contributed by atoms with Crippen molar-refractivity contribution in [2.24, 2.45) is 0 Å². The lowest BCUT2D eigenvalue weighted by atomic mass is 10.0. The van der Waals surface area contributed by atoms with E-state index in [2.05, 4.69) is 25.1 Å². The molecule has 0 saturated heterocycles. The van der Waals surface area contributed by atoms with E-state index in [4.69, 9.17) is 33.2 Å². The number of allylic oxidation sites excluding steroid dienone is 1. The van der Waals surface area contributed by atoms with E-state index < -0.39 is 6.00 Å². The first-order valence-corrected chi connectivity index (χ1v) is 9.89. The van der Waals surface area contributed by atoms with Crippen molar-refractivity contribution < 1.29 is 0 Å². The third-order valence-electron chi connectivity index (χ3n) is 2.15. The van der Waals surface area contributed by atoms with Gasteiger partial charge in [-0.05, 0) is 30.9 Å². The molecule has 1 rings (SSSR count). The van der Waals surface area contributed by atoms with E-state index in [0.29, 0.717) is 0 Å². The summed E-state index contributed by atoms with van der Waals surface area (Å²) >= 11 is 17.2. The number of rotatable bonds is 4. The zero-order valence-corrected chi connectivity index (χ0v) is 11.8. The quantitative estimate of drug-likeness (QED) is 0.554. The molecule has 0 radical (unpaired) electrons. The summed E-state index contributed by atoms with van der Waals surface area (Å²) in [4.78, 5) is 0. The zero-order valence-electron chi connectivity index (χ0n) is 8.51. The molecule has 0 aliphatic carbocycles. The van der Waals surface area contributed by atoms with E-state index in [1.807, 2.05) is 12.1 Å². The van der Waals surface area contributed by atoms with Crippen LogP contribution in [0, 0.1) is 6.92 Å². The molecule has 0 heterocycles. The second-order valence-corrected chi connectivity index (χ2v) is 11.9. The molecule has 0 N–H and O–H groups in total. The van der Waals surface area contributed by atoms with Crippen molar-refractivity contribution in [3.05, 3.63) is 47.2 Å². The second kappa shape index (κ2) is 5.95. The van der Waals surface area contributed by atoms with Gasteiger partial charge in [0.15, 0.2) is 0 Å². The Labute approximate surface area is 106 Å². The zero-order chi connectivity index (χ0) is 11.3. The maximum atomic E-state index is 5.73. The highest BCUT2D eigenvalue weighted by molar-refractivity contribution is 7.66. The molecule has 0 spiro atoms. The SMILES string of the molecule is Cc1ccccc1CCC=C[Si](Cl)(Cl)Cl. The highest BCUT2D eigenvalue weighted by Crippen LogP contribution is 2.21. The molecule has 0 atom stereocenters. The fourth-order valence-corrected chi connectivity index (χ4v) is 2.58. The third kappa shape index (κ3) is 5.62. The van der Waals surface area contributed by atoms with Gasteiger partial charge in [0.1, 0.15) is 0 Å². The van der Waals surface area contributed by atoms with Crippen LogP contribution in [0.15, 0.2) is 36.0 Å². The average Bonchev–Trinajstić information content (AvgIpc) is 2.13. The molecular formula is C11H13Cl3Si. The molecule has 1 aromatic carbocycles. The fraction of sp³-hybridized carbons (Fsp3) is 0.273. The van der Waals surface area contributed by atoms with Crippen LogP contribution in [-0.2, 0) is 6.42 Å². The van der Waals surface area contributed by atoms with Gasteiger partial charge in [0, 0.05) is 0 Å². The standard InChI is InChI=1S/C11H13Cl3Si/c1-10-6-2-3-7-11(10)8-4-5-9-15(12,13)14/h2-3,5-7,9H,4,8H2,1H3. The van der Waals surface area contributed by atoms with Crippen LogP contribution in [-0.4, -0.2) is 6.00 Å². The summed E-state index contributed by atoms with van der Waals surface area (Å²) in [6, 6.07) is 5.77. The van der Waals surface area contributed by atoms with Crippen LogP contribution in [0.2, 0.25) is 0 Å². The van der Waals surface area contributed by atoms with E-state index in [9.17, 15) is 0 Å². The average molecular weight is 280 g/mol. The molecule has 0 bridgehead atoms. The van der Waals surface area contributed by atoms with Gasteiger partial charge in [0.05, 0.1) is 0 Å². The first-order chi connectivity index (χ1) is 6.99. The Balaban J connectivity index is 2.45. The van der Waals surface area contributed by atoms with Gasteiger partial charge in [0.25, 0.3) is 0 Å². The maximum absolute atomic E-state index is 5.73. The van der Waals surface area contributed by atoms with Crippen LogP contribution < -0.4 is 0 Å². The fourth-order valence-electron chi connectivity index (χ4n) is 1.35. The van der Waals surface area contributed by atoms with Crippen molar-refractivity contribution in [2.75, 3.05) is 0 Å². The summed E-state index contributed by atoms with van der Waals surface area (Å²) in [6.07, 6.45) is 3.88. The second-order valence-electron chi connectivity index (χ2n) is 3.41. The van der Waals surface area contributed by atoms with E-state index in [-0.39, 0.29) is 0 Å². The molecule has 0 aliphatic rings. The minimum absolute atomic E-state index is 0.922. The van der Waals surface area contributed by atoms with Crippen LogP contribution in [0.4, 0.5) is 0 Å². The number of benzene rings is 1. The highest BCUT2D eigenvalue weighted by atomic mass is 35.8. The lowest BCUT2D eigenvalue weighted by Gasteiger charge is -2.03. The molecule has 0 saturated carbocycles. The van der Waals surface area contributed by atoms with Gasteiger partial charge in [-0.25, -0.2) is 0 Å². The Morgan fingerprint density at radius 2 is 1.87 bits per heavy atom. The van der Waals surface area contributed by atoms with Gasteiger partial charge in [-0.1, -0.05) is 36.0 Å². The minimum atomic E-state index is -2.57. The van der Waals surface area contributed by atoms with Crippen LogP contribution in [0.3, 0.4) is 0 Å². The summed E-state index contributed by atoms with van der Waals surface area (Å²) in [7, 11) is 0. The monoisotopic (exact) mass is 278 g/mol. The Kier molecular flexibility index (Phi) is 5.20. The molecule has 4 heteroatoms. The van der Waals surface area contributed by atoms with Crippen molar-refractivity contribution in [3.8, 4) is 0 Å². The molecule has 0 fully saturated rings. The van der Waals surface area contributed by atoms with Gasteiger partial charge in [0.2, 0.25) is 0 Å². The Bertz CT molecular complexity index is 342. The van der Waals surface area contributed by atoms with Crippen molar-refractivity contribution in [3.63, 3.8) is 0 Å². The predicted molar refractivity (Wildman–Crippen MR) is 72.0 cm³/mol. The first-order valence-electron chi connectivity index (χ1n) is 4.78. The lowest BCUT2D eigenvalue weighted by molar-refractivity contribution is 0.988. The third-order valence-corrected chi connectivity index (χ3v) is 3.90. The van der Waals surface area contributed by atoms with Gasteiger partial charge in [-0.3, -0.25) is 0 Å². The van der Waals surface area contributed by atoms with Gasteiger partial charge >= 0.3 is 6.00 Å². The van der Waals surface area contributed by atoms with Gasteiger partial charge < -0.3 is 0 Å². The minimum Gasteiger partial charge on any atom is -0.121 e. The molecule has 15 heavy (non-hydrogen) atoms. The van der Waals surface area contributed by atoms with Gasteiger partial charge in [-0.15, -0.1) is 33.2 Å². The summed E-state index contributed by atoms with van der Waals surface area (Å²) < 4.78 is 0. The van der Waals surface area contributed by atoms with Crippen molar-refractivity contribution >= 4 is 39.2 Å². The molecule has 82 valence electrons. The van der Waals surface area contributed by atoms with E-state index in [0.717, 1.165) is 12.8 Å². The Hall–Kier alpha value is 0.0469. The van der Waals surface area contributed by atoms with Crippen LogP contribution >= 0.6 is 33.2 Å². The molecule has 0 nitrogen and oxygen atoms in total. The predicted octanol–water partition coefficient (Wildman–Crippen LogP) is 4.68. The maximum Gasteiger partial charge on any atom is 0.365 e. The van der Waals surface area contributed by atoms with Crippen LogP contribution in [0.25, 0.3) is 0 Å². The molecule has 0 aliphatic heterocycles. The highest BCUT2D eigenvalue weighted by Gasteiger charge is 2.19.